The van der Waals surface area contributed by atoms with Crippen molar-refractivity contribution in [1.29, 1.82) is 5.26 Å². The predicted molar refractivity (Wildman–Crippen MR) is 63.9 cm³/mol. The number of hydrogen-bond donors (Lipinski definition) is 1. The van der Waals surface area contributed by atoms with E-state index in [9.17, 15) is 0 Å². The summed E-state index contributed by atoms with van der Waals surface area (Å²) in [6.07, 6.45) is 6.48. The van der Waals surface area contributed by atoms with Gasteiger partial charge < -0.3 is 5.32 Å². The molecule has 0 fully saturated rings. The number of rotatable bonds is 7. The van der Waals surface area contributed by atoms with Crippen molar-refractivity contribution >= 4 is 0 Å². The van der Waals surface area contributed by atoms with Gasteiger partial charge in [-0.05, 0) is 39.3 Å². The molecule has 0 saturated heterocycles. The third kappa shape index (κ3) is 4.03. The summed E-state index contributed by atoms with van der Waals surface area (Å²) in [5.74, 6) is 0. The van der Waals surface area contributed by atoms with Gasteiger partial charge in [0.25, 0.3) is 0 Å². The third-order valence-corrected chi connectivity index (χ3v) is 2.85. The lowest BCUT2D eigenvalue weighted by molar-refractivity contribution is 0.364. The Morgan fingerprint density at radius 3 is 2.88 bits per heavy atom. The van der Waals surface area contributed by atoms with Gasteiger partial charge in [0.15, 0.2) is 0 Å². The fraction of sp³-hybridized carbons (Fsp3) is 0.667. The van der Waals surface area contributed by atoms with Crippen molar-refractivity contribution in [2.45, 2.75) is 45.2 Å². The maximum atomic E-state index is 8.41. The standard InChI is InChI=1S/C12H20N4/c1-11(14-8-5-3-4-7-13)12(2)16-10-6-9-15-16/h6,9-12,14H,3-5,8H2,1-2H3/t11-,12+/m0/s1. The Kier molecular flexibility index (Phi) is 5.58. The zero-order valence-corrected chi connectivity index (χ0v) is 10.1. The third-order valence-electron chi connectivity index (χ3n) is 2.85. The van der Waals surface area contributed by atoms with Gasteiger partial charge in [-0.25, -0.2) is 0 Å². The SMILES string of the molecule is C[C@H](NCCCCC#N)[C@@H](C)n1cccn1. The molecule has 0 saturated carbocycles. The summed E-state index contributed by atoms with van der Waals surface area (Å²) in [5.41, 5.74) is 0. The summed E-state index contributed by atoms with van der Waals surface area (Å²) >= 11 is 0. The number of nitrogens with zero attached hydrogens (tertiary/aromatic N) is 3. The van der Waals surface area contributed by atoms with Crippen LogP contribution in [0.4, 0.5) is 0 Å². The Bertz CT molecular complexity index is 312. The van der Waals surface area contributed by atoms with Crippen LogP contribution in [0.1, 0.15) is 39.2 Å². The van der Waals surface area contributed by atoms with E-state index in [1.165, 1.54) is 0 Å². The molecule has 0 radical (unpaired) electrons. The summed E-state index contributed by atoms with van der Waals surface area (Å²) in [5, 5.41) is 16.1. The van der Waals surface area contributed by atoms with Crippen LogP contribution in [0.5, 0.6) is 0 Å². The van der Waals surface area contributed by atoms with E-state index in [0.717, 1.165) is 19.4 Å². The molecule has 0 amide bonds. The number of unbranched alkanes of at least 4 members (excludes halogenated alkanes) is 2. The topological polar surface area (TPSA) is 53.6 Å². The highest BCUT2D eigenvalue weighted by Gasteiger charge is 2.12. The summed E-state index contributed by atoms with van der Waals surface area (Å²) < 4.78 is 1.97. The predicted octanol–water partition coefficient (Wildman–Crippen LogP) is 2.12. The normalized spacial score (nSPS) is 14.3. The van der Waals surface area contributed by atoms with Crippen LogP contribution in [0, 0.1) is 11.3 Å². The molecule has 0 aliphatic rings. The van der Waals surface area contributed by atoms with Gasteiger partial charge in [0, 0.05) is 24.9 Å². The molecule has 1 aromatic heterocycles. The average molecular weight is 220 g/mol. The first-order valence-corrected chi connectivity index (χ1v) is 5.85. The lowest BCUT2D eigenvalue weighted by Gasteiger charge is -2.21. The fourth-order valence-corrected chi connectivity index (χ4v) is 1.58. The molecule has 4 heteroatoms. The van der Waals surface area contributed by atoms with Crippen molar-refractivity contribution in [3.8, 4) is 6.07 Å². The van der Waals surface area contributed by atoms with Gasteiger partial charge >= 0.3 is 0 Å². The van der Waals surface area contributed by atoms with Crippen molar-refractivity contribution in [2.24, 2.45) is 0 Å². The molecular formula is C12H20N4. The zero-order chi connectivity index (χ0) is 11.8. The summed E-state index contributed by atoms with van der Waals surface area (Å²) in [6, 6.07) is 4.84. The molecular weight excluding hydrogens is 200 g/mol. The average Bonchev–Trinajstić information content (AvgIpc) is 2.81. The van der Waals surface area contributed by atoms with Crippen LogP contribution in [0.15, 0.2) is 18.5 Å². The van der Waals surface area contributed by atoms with Crippen LogP contribution in [0.3, 0.4) is 0 Å². The highest BCUT2D eigenvalue weighted by Crippen LogP contribution is 2.08. The Morgan fingerprint density at radius 1 is 1.44 bits per heavy atom. The highest BCUT2D eigenvalue weighted by atomic mass is 15.3. The second-order valence-corrected chi connectivity index (χ2v) is 4.08. The number of hydrogen-bond acceptors (Lipinski definition) is 3. The molecule has 4 nitrogen and oxygen atoms in total. The monoisotopic (exact) mass is 220 g/mol. The lowest BCUT2D eigenvalue weighted by atomic mass is 10.1. The lowest BCUT2D eigenvalue weighted by Crippen LogP contribution is -2.34. The summed E-state index contributed by atoms with van der Waals surface area (Å²) in [6.45, 7) is 5.28. The van der Waals surface area contributed by atoms with Gasteiger partial charge in [-0.1, -0.05) is 0 Å². The first kappa shape index (κ1) is 12.7. The quantitative estimate of drug-likeness (QED) is 0.716. The van der Waals surface area contributed by atoms with E-state index in [2.05, 4.69) is 30.3 Å². The molecule has 0 aliphatic carbocycles. The Labute approximate surface area is 97.3 Å². The van der Waals surface area contributed by atoms with E-state index in [0.29, 0.717) is 18.5 Å². The van der Waals surface area contributed by atoms with E-state index in [4.69, 9.17) is 5.26 Å². The Morgan fingerprint density at radius 2 is 2.25 bits per heavy atom. The molecule has 0 unspecified atom stereocenters. The molecule has 0 spiro atoms. The van der Waals surface area contributed by atoms with Crippen molar-refractivity contribution in [2.75, 3.05) is 6.54 Å². The zero-order valence-electron chi connectivity index (χ0n) is 10.1. The second kappa shape index (κ2) is 7.02. The van der Waals surface area contributed by atoms with Gasteiger partial charge in [0.1, 0.15) is 0 Å². The molecule has 2 atom stereocenters. The van der Waals surface area contributed by atoms with E-state index in [1.54, 1.807) is 6.20 Å². The summed E-state index contributed by atoms with van der Waals surface area (Å²) in [7, 11) is 0. The number of nitriles is 1. The number of aromatic nitrogens is 2. The Balaban J connectivity index is 2.20. The molecule has 88 valence electrons. The minimum absolute atomic E-state index is 0.353. The van der Waals surface area contributed by atoms with Gasteiger partial charge in [0.2, 0.25) is 0 Å². The molecule has 0 aromatic carbocycles. The van der Waals surface area contributed by atoms with Gasteiger partial charge in [-0.15, -0.1) is 0 Å². The largest absolute Gasteiger partial charge is 0.312 e. The Hall–Kier alpha value is -1.34. The van der Waals surface area contributed by atoms with Crippen LogP contribution in [0.25, 0.3) is 0 Å². The number of nitrogens with one attached hydrogen (secondary N) is 1. The van der Waals surface area contributed by atoms with Gasteiger partial charge in [-0.2, -0.15) is 10.4 Å². The van der Waals surface area contributed by atoms with Crippen molar-refractivity contribution in [3.05, 3.63) is 18.5 Å². The smallest absolute Gasteiger partial charge is 0.0641 e. The first-order valence-electron chi connectivity index (χ1n) is 5.85. The minimum atomic E-state index is 0.353. The van der Waals surface area contributed by atoms with Crippen LogP contribution in [-0.4, -0.2) is 22.4 Å². The highest BCUT2D eigenvalue weighted by molar-refractivity contribution is 4.83. The molecule has 1 heterocycles. The molecule has 1 N–H and O–H groups in total. The van der Waals surface area contributed by atoms with E-state index in [1.807, 2.05) is 16.9 Å². The van der Waals surface area contributed by atoms with Crippen LogP contribution < -0.4 is 5.32 Å². The minimum Gasteiger partial charge on any atom is -0.312 e. The maximum absolute atomic E-state index is 8.41. The van der Waals surface area contributed by atoms with E-state index < -0.39 is 0 Å². The molecule has 0 aliphatic heterocycles. The van der Waals surface area contributed by atoms with E-state index >= 15 is 0 Å². The van der Waals surface area contributed by atoms with Crippen LogP contribution in [0.2, 0.25) is 0 Å². The molecule has 1 rings (SSSR count). The van der Waals surface area contributed by atoms with Gasteiger partial charge in [0.05, 0.1) is 12.1 Å². The van der Waals surface area contributed by atoms with Crippen LogP contribution in [-0.2, 0) is 0 Å². The van der Waals surface area contributed by atoms with Crippen molar-refractivity contribution in [1.82, 2.24) is 15.1 Å². The molecule has 1 aromatic rings. The summed E-state index contributed by atoms with van der Waals surface area (Å²) in [4.78, 5) is 0. The fourth-order valence-electron chi connectivity index (χ4n) is 1.58. The van der Waals surface area contributed by atoms with E-state index in [-0.39, 0.29) is 0 Å². The van der Waals surface area contributed by atoms with Crippen molar-refractivity contribution < 1.29 is 0 Å². The second-order valence-electron chi connectivity index (χ2n) is 4.08. The van der Waals surface area contributed by atoms with Gasteiger partial charge in [-0.3, -0.25) is 4.68 Å². The van der Waals surface area contributed by atoms with Crippen molar-refractivity contribution in [3.63, 3.8) is 0 Å². The first-order chi connectivity index (χ1) is 7.75. The van der Waals surface area contributed by atoms with Crippen LogP contribution >= 0.6 is 0 Å². The molecule has 16 heavy (non-hydrogen) atoms. The molecule has 0 bridgehead atoms. The maximum Gasteiger partial charge on any atom is 0.0641 e.